The average Bonchev–Trinajstić information content (AvgIpc) is 2.58. The van der Waals surface area contributed by atoms with Crippen LogP contribution in [0.3, 0.4) is 0 Å². The summed E-state index contributed by atoms with van der Waals surface area (Å²) < 4.78 is 10.7. The molecule has 0 saturated carbocycles. The third kappa shape index (κ3) is 7.10. The number of amides is 1. The fourth-order valence-electron chi connectivity index (χ4n) is 1.65. The summed E-state index contributed by atoms with van der Waals surface area (Å²) in [5.41, 5.74) is 3.48. The molecule has 0 fully saturated rings. The van der Waals surface area contributed by atoms with E-state index in [1.165, 1.54) is 7.11 Å². The van der Waals surface area contributed by atoms with Gasteiger partial charge in [-0.1, -0.05) is 6.08 Å². The van der Waals surface area contributed by atoms with Crippen molar-refractivity contribution in [3.8, 4) is 11.5 Å². The molecule has 7 nitrogen and oxygen atoms in total. The molecule has 0 heterocycles. The number of thiocarbonyl (C=S) groups is 1. The molecule has 0 aliphatic heterocycles. The second-order valence-corrected chi connectivity index (χ2v) is 4.93. The van der Waals surface area contributed by atoms with Crippen LogP contribution in [0.25, 0.3) is 0 Å². The number of rotatable bonds is 9. The Kier molecular flexibility index (Phi) is 8.91. The largest absolute Gasteiger partial charge is 0.493 e. The number of nitrogens with one attached hydrogen (secondary N) is 3. The molecule has 1 aromatic rings. The number of benzene rings is 1. The molecule has 8 heteroatoms. The number of nitrogens with zero attached hydrogens (tertiary/aromatic N) is 1. The van der Waals surface area contributed by atoms with E-state index >= 15 is 0 Å². The van der Waals surface area contributed by atoms with Gasteiger partial charge in [-0.05, 0) is 42.9 Å². The van der Waals surface area contributed by atoms with Gasteiger partial charge in [0.1, 0.15) is 0 Å². The molecule has 0 radical (unpaired) electrons. The van der Waals surface area contributed by atoms with Crippen molar-refractivity contribution in [3.63, 3.8) is 0 Å². The van der Waals surface area contributed by atoms with E-state index in [9.17, 15) is 4.79 Å². The molecule has 24 heavy (non-hydrogen) atoms. The first-order chi connectivity index (χ1) is 11.6. The average molecular weight is 350 g/mol. The quantitative estimate of drug-likeness (QED) is 0.269. The van der Waals surface area contributed by atoms with Gasteiger partial charge in [0.05, 0.1) is 13.3 Å². The Balaban J connectivity index is 2.63. The predicted octanol–water partition coefficient (Wildman–Crippen LogP) is 1.19. The third-order valence-corrected chi connectivity index (χ3v) is 2.94. The van der Waals surface area contributed by atoms with Crippen LogP contribution in [0.4, 0.5) is 0 Å². The van der Waals surface area contributed by atoms with Crippen LogP contribution in [0.2, 0.25) is 0 Å². The summed E-state index contributed by atoms with van der Waals surface area (Å²) in [6.07, 6.45) is 3.29. The molecule has 0 unspecified atom stereocenters. The van der Waals surface area contributed by atoms with E-state index in [0.717, 1.165) is 5.56 Å². The number of ether oxygens (including phenoxy) is 2. The monoisotopic (exact) mass is 350 g/mol. The lowest BCUT2D eigenvalue weighted by Crippen LogP contribution is -2.31. The summed E-state index contributed by atoms with van der Waals surface area (Å²) in [7, 11) is 1.53. The summed E-state index contributed by atoms with van der Waals surface area (Å²) in [4.78, 5) is 11.4. The number of hydrogen-bond donors (Lipinski definition) is 3. The lowest BCUT2D eigenvalue weighted by Gasteiger charge is -2.11. The van der Waals surface area contributed by atoms with Crippen LogP contribution >= 0.6 is 12.2 Å². The highest BCUT2D eigenvalue weighted by atomic mass is 32.1. The summed E-state index contributed by atoms with van der Waals surface area (Å²) in [6, 6.07) is 5.26. The van der Waals surface area contributed by atoms with Crippen molar-refractivity contribution in [2.75, 3.05) is 26.8 Å². The Bertz CT molecular complexity index is 605. The first-order valence-corrected chi connectivity index (χ1v) is 7.76. The molecule has 1 aromatic carbocycles. The van der Waals surface area contributed by atoms with Crippen molar-refractivity contribution in [1.82, 2.24) is 16.1 Å². The molecule has 0 aliphatic rings. The Hall–Kier alpha value is -2.61. The zero-order valence-electron chi connectivity index (χ0n) is 13.8. The summed E-state index contributed by atoms with van der Waals surface area (Å²) in [5.74, 6) is 0.808. The molecule has 0 bridgehead atoms. The normalized spacial score (nSPS) is 10.1. The molecule has 130 valence electrons. The molecule has 0 aromatic heterocycles. The number of carbonyl (C=O) groups is 1. The lowest BCUT2D eigenvalue weighted by molar-refractivity contribution is -0.123. The van der Waals surface area contributed by atoms with Gasteiger partial charge in [-0.25, -0.2) is 0 Å². The fraction of sp³-hybridized carbons (Fsp3) is 0.312. The van der Waals surface area contributed by atoms with E-state index in [0.29, 0.717) is 29.7 Å². The summed E-state index contributed by atoms with van der Waals surface area (Å²) >= 11 is 5.02. The molecular weight excluding hydrogens is 328 g/mol. The number of carbonyl (C=O) groups excluding carboxylic acids is 1. The highest BCUT2D eigenvalue weighted by Gasteiger charge is 2.07. The minimum atomic E-state index is -0.185. The van der Waals surface area contributed by atoms with Crippen molar-refractivity contribution >= 4 is 29.5 Å². The topological polar surface area (TPSA) is 84.0 Å². The Labute approximate surface area is 147 Å². The van der Waals surface area contributed by atoms with Crippen molar-refractivity contribution in [3.05, 3.63) is 36.4 Å². The Morgan fingerprint density at radius 3 is 2.83 bits per heavy atom. The molecule has 0 saturated heterocycles. The van der Waals surface area contributed by atoms with Gasteiger partial charge in [-0.3, -0.25) is 10.2 Å². The van der Waals surface area contributed by atoms with E-state index in [1.54, 1.807) is 30.5 Å². The van der Waals surface area contributed by atoms with Crippen LogP contribution in [0.1, 0.15) is 12.5 Å². The zero-order valence-corrected chi connectivity index (χ0v) is 14.6. The van der Waals surface area contributed by atoms with E-state index in [-0.39, 0.29) is 12.5 Å². The third-order valence-electron chi connectivity index (χ3n) is 2.71. The van der Waals surface area contributed by atoms with Crippen LogP contribution < -0.4 is 25.5 Å². The Morgan fingerprint density at radius 2 is 2.17 bits per heavy atom. The van der Waals surface area contributed by atoms with Gasteiger partial charge in [0.2, 0.25) is 0 Å². The first kappa shape index (κ1) is 19.4. The minimum absolute atomic E-state index is 0.0670. The molecule has 0 atom stereocenters. The van der Waals surface area contributed by atoms with Gasteiger partial charge in [-0.2, -0.15) is 5.10 Å². The maximum absolute atomic E-state index is 11.4. The van der Waals surface area contributed by atoms with Crippen LogP contribution in [-0.4, -0.2) is 44.0 Å². The van der Waals surface area contributed by atoms with Crippen LogP contribution in [0.5, 0.6) is 11.5 Å². The van der Waals surface area contributed by atoms with Crippen LogP contribution in [-0.2, 0) is 4.79 Å². The Morgan fingerprint density at radius 1 is 1.38 bits per heavy atom. The van der Waals surface area contributed by atoms with Crippen LogP contribution in [0, 0.1) is 0 Å². The lowest BCUT2D eigenvalue weighted by atomic mass is 10.2. The van der Waals surface area contributed by atoms with Gasteiger partial charge in [0.25, 0.3) is 5.91 Å². The van der Waals surface area contributed by atoms with Gasteiger partial charge >= 0.3 is 0 Å². The van der Waals surface area contributed by atoms with E-state index < -0.39 is 0 Å². The molecular formula is C16H22N4O3S. The highest BCUT2D eigenvalue weighted by Crippen LogP contribution is 2.27. The summed E-state index contributed by atoms with van der Waals surface area (Å²) in [5, 5.41) is 9.98. The van der Waals surface area contributed by atoms with Crippen molar-refractivity contribution < 1.29 is 14.3 Å². The van der Waals surface area contributed by atoms with Gasteiger partial charge in [0.15, 0.2) is 23.2 Å². The highest BCUT2D eigenvalue weighted by molar-refractivity contribution is 7.80. The molecule has 3 N–H and O–H groups in total. The van der Waals surface area contributed by atoms with Crippen molar-refractivity contribution in [2.24, 2.45) is 5.10 Å². The number of methoxy groups -OCH3 is 1. The summed E-state index contributed by atoms with van der Waals surface area (Å²) in [6.45, 7) is 6.49. The van der Waals surface area contributed by atoms with Gasteiger partial charge in [0, 0.05) is 13.1 Å². The first-order valence-electron chi connectivity index (χ1n) is 7.36. The molecule has 0 spiro atoms. The maximum Gasteiger partial charge on any atom is 0.257 e. The van der Waals surface area contributed by atoms with Gasteiger partial charge in [-0.15, -0.1) is 6.58 Å². The molecule has 0 aliphatic carbocycles. The second kappa shape index (κ2) is 11.0. The van der Waals surface area contributed by atoms with Crippen molar-refractivity contribution in [1.29, 1.82) is 0 Å². The molecule has 1 rings (SSSR count). The van der Waals surface area contributed by atoms with Gasteiger partial charge < -0.3 is 20.1 Å². The van der Waals surface area contributed by atoms with E-state index in [2.05, 4.69) is 27.7 Å². The van der Waals surface area contributed by atoms with E-state index in [1.807, 2.05) is 6.92 Å². The standard InChI is InChI=1S/C16H22N4O3S/c1-4-8-18-16(24)20-19-10-12-6-7-13(14(9-12)22-3)23-11-15(21)17-5-2/h4,6-7,9-10H,1,5,8,11H2,2-3H3,(H,17,21)(H2,18,20,24)/b19-10+. The fourth-order valence-corrected chi connectivity index (χ4v) is 1.78. The smallest absolute Gasteiger partial charge is 0.257 e. The van der Waals surface area contributed by atoms with Crippen molar-refractivity contribution in [2.45, 2.75) is 6.92 Å². The zero-order chi connectivity index (χ0) is 17.8. The number of likely N-dealkylation sites (N-methyl/N-ethyl adjacent to an activating group) is 1. The minimum Gasteiger partial charge on any atom is -0.493 e. The SMILES string of the molecule is C=CCNC(=S)N/N=C/c1ccc(OCC(=O)NCC)c(OC)c1. The second-order valence-electron chi connectivity index (χ2n) is 4.52. The van der Waals surface area contributed by atoms with Crippen LogP contribution in [0.15, 0.2) is 36.0 Å². The number of hydrazone groups is 1. The maximum atomic E-state index is 11.4. The predicted molar refractivity (Wildman–Crippen MR) is 98.7 cm³/mol. The van der Waals surface area contributed by atoms with E-state index in [4.69, 9.17) is 21.7 Å². The number of hydrogen-bond acceptors (Lipinski definition) is 5. The molecule has 1 amide bonds.